The fourth-order valence-corrected chi connectivity index (χ4v) is 2.68. The van der Waals surface area contributed by atoms with Crippen LogP contribution in [0.4, 0.5) is 0 Å². The van der Waals surface area contributed by atoms with E-state index in [0.717, 1.165) is 22.9 Å². The number of amides is 1. The van der Waals surface area contributed by atoms with Gasteiger partial charge in [-0.3, -0.25) is 9.78 Å². The van der Waals surface area contributed by atoms with Gasteiger partial charge in [0.2, 0.25) is 0 Å². The number of aromatic nitrogens is 2. The lowest BCUT2D eigenvalue weighted by Gasteiger charge is -2.06. The van der Waals surface area contributed by atoms with Crippen molar-refractivity contribution in [2.45, 2.75) is 19.9 Å². The summed E-state index contributed by atoms with van der Waals surface area (Å²) in [6, 6.07) is 9.67. The molecule has 3 rings (SSSR count). The lowest BCUT2D eigenvalue weighted by molar-refractivity contribution is 0.0951. The molecule has 2 heterocycles. The highest BCUT2D eigenvalue weighted by Gasteiger charge is 2.10. The van der Waals surface area contributed by atoms with Crippen LogP contribution in [0.3, 0.4) is 0 Å². The number of fused-ring (bicyclic) bond motifs is 1. The maximum Gasteiger partial charge on any atom is 0.251 e. The molecule has 0 aliphatic carbocycles. The summed E-state index contributed by atoms with van der Waals surface area (Å²) in [5, 5.41) is 4.10. The molecule has 3 aromatic rings. The van der Waals surface area contributed by atoms with Crippen molar-refractivity contribution in [1.82, 2.24) is 14.9 Å². The monoisotopic (exact) mass is 293 g/mol. The smallest absolute Gasteiger partial charge is 0.251 e. The number of hydrogen-bond donors (Lipinski definition) is 1. The lowest BCUT2D eigenvalue weighted by Crippen LogP contribution is -2.22. The highest BCUT2D eigenvalue weighted by molar-refractivity contribution is 5.98. The maximum absolute atomic E-state index is 12.3. The Morgan fingerprint density at radius 2 is 2.00 bits per heavy atom. The minimum absolute atomic E-state index is 0.0513. The van der Waals surface area contributed by atoms with Gasteiger partial charge in [-0.2, -0.15) is 0 Å². The maximum atomic E-state index is 12.3. The van der Waals surface area contributed by atoms with Gasteiger partial charge in [0.1, 0.15) is 0 Å². The molecule has 0 radical (unpaired) electrons. The molecular weight excluding hydrogens is 274 g/mol. The van der Waals surface area contributed by atoms with Crippen molar-refractivity contribution in [3.05, 3.63) is 65.6 Å². The second-order valence-corrected chi connectivity index (χ2v) is 5.39. The summed E-state index contributed by atoms with van der Waals surface area (Å²) in [7, 11) is 2.03. The molecule has 0 aliphatic heterocycles. The van der Waals surface area contributed by atoms with Gasteiger partial charge >= 0.3 is 0 Å². The number of pyridine rings is 1. The van der Waals surface area contributed by atoms with Crippen molar-refractivity contribution in [1.29, 1.82) is 0 Å². The lowest BCUT2D eigenvalue weighted by atomic mass is 10.1. The molecular formula is C18H19N3O. The van der Waals surface area contributed by atoms with Gasteiger partial charge in [0.25, 0.3) is 5.91 Å². The molecule has 0 atom stereocenters. The van der Waals surface area contributed by atoms with Crippen LogP contribution in [0.1, 0.15) is 28.4 Å². The zero-order valence-corrected chi connectivity index (χ0v) is 12.8. The average molecular weight is 293 g/mol. The number of benzene rings is 1. The molecule has 1 amide bonds. The topological polar surface area (TPSA) is 46.9 Å². The molecule has 0 saturated heterocycles. The first kappa shape index (κ1) is 14.3. The van der Waals surface area contributed by atoms with Crippen molar-refractivity contribution in [3.63, 3.8) is 0 Å². The van der Waals surface area contributed by atoms with Gasteiger partial charge in [-0.15, -0.1) is 0 Å². The van der Waals surface area contributed by atoms with Crippen LogP contribution >= 0.6 is 0 Å². The second-order valence-electron chi connectivity index (χ2n) is 5.39. The fraction of sp³-hybridized carbons (Fsp3) is 0.222. The van der Waals surface area contributed by atoms with Gasteiger partial charge in [0.15, 0.2) is 0 Å². The molecule has 112 valence electrons. The first-order valence-electron chi connectivity index (χ1n) is 7.44. The van der Waals surface area contributed by atoms with E-state index in [1.165, 1.54) is 5.56 Å². The van der Waals surface area contributed by atoms with Crippen molar-refractivity contribution < 1.29 is 4.79 Å². The minimum atomic E-state index is -0.0513. The van der Waals surface area contributed by atoms with E-state index >= 15 is 0 Å². The van der Waals surface area contributed by atoms with E-state index in [2.05, 4.69) is 28.0 Å². The number of nitrogens with one attached hydrogen (secondary N) is 1. The molecule has 0 unspecified atom stereocenters. The Kier molecular flexibility index (Phi) is 3.92. The summed E-state index contributed by atoms with van der Waals surface area (Å²) in [6.45, 7) is 2.64. The molecule has 22 heavy (non-hydrogen) atoms. The quantitative estimate of drug-likeness (QED) is 0.803. The third kappa shape index (κ3) is 2.72. The summed E-state index contributed by atoms with van der Waals surface area (Å²) in [5.41, 5.74) is 4.16. The Labute approximate surface area is 129 Å². The predicted octanol–water partition coefficient (Wildman–Crippen LogP) is 3.07. The molecule has 0 aliphatic rings. The Balaban J connectivity index is 1.82. The SMILES string of the molecule is CCc1cn(C)c2ccc(C(=O)NCc3ccncc3)cc12. The molecule has 0 fully saturated rings. The van der Waals surface area contributed by atoms with Crippen LogP contribution < -0.4 is 5.32 Å². The van der Waals surface area contributed by atoms with Crippen LogP contribution in [0.25, 0.3) is 10.9 Å². The third-order valence-electron chi connectivity index (χ3n) is 3.92. The number of aryl methyl sites for hydroxylation is 2. The summed E-state index contributed by atoms with van der Waals surface area (Å²) >= 11 is 0. The number of carbonyl (C=O) groups is 1. The highest BCUT2D eigenvalue weighted by atomic mass is 16.1. The molecule has 4 nitrogen and oxygen atoms in total. The van der Waals surface area contributed by atoms with Gasteiger partial charge in [-0.05, 0) is 47.9 Å². The normalized spacial score (nSPS) is 10.8. The molecule has 4 heteroatoms. The zero-order chi connectivity index (χ0) is 15.5. The van der Waals surface area contributed by atoms with Gasteiger partial charge in [-0.1, -0.05) is 6.92 Å². The summed E-state index contributed by atoms with van der Waals surface area (Å²) in [5.74, 6) is -0.0513. The van der Waals surface area contributed by atoms with Gasteiger partial charge < -0.3 is 9.88 Å². The van der Waals surface area contributed by atoms with E-state index in [4.69, 9.17) is 0 Å². The van der Waals surface area contributed by atoms with E-state index in [9.17, 15) is 4.79 Å². The second kappa shape index (κ2) is 6.02. The molecule has 1 aromatic carbocycles. The summed E-state index contributed by atoms with van der Waals surface area (Å²) in [4.78, 5) is 16.3. The number of carbonyl (C=O) groups excluding carboxylic acids is 1. The molecule has 0 bridgehead atoms. The number of hydrogen-bond acceptors (Lipinski definition) is 2. The third-order valence-corrected chi connectivity index (χ3v) is 3.92. The van der Waals surface area contributed by atoms with Crippen LogP contribution in [0.15, 0.2) is 48.9 Å². The van der Waals surface area contributed by atoms with Crippen molar-refractivity contribution in [3.8, 4) is 0 Å². The van der Waals surface area contributed by atoms with E-state index in [0.29, 0.717) is 12.1 Å². The van der Waals surface area contributed by atoms with Gasteiger partial charge in [0, 0.05) is 48.6 Å². The van der Waals surface area contributed by atoms with Crippen LogP contribution in [0.2, 0.25) is 0 Å². The van der Waals surface area contributed by atoms with Crippen LogP contribution in [-0.2, 0) is 20.0 Å². The Morgan fingerprint density at radius 1 is 1.23 bits per heavy atom. The standard InChI is InChI=1S/C18H19N3O/c1-3-14-12-21(2)17-5-4-15(10-16(14)17)18(22)20-11-13-6-8-19-9-7-13/h4-10,12H,3,11H2,1-2H3,(H,20,22). The zero-order valence-electron chi connectivity index (χ0n) is 12.8. The van der Waals surface area contributed by atoms with Crippen LogP contribution in [-0.4, -0.2) is 15.5 Å². The molecule has 0 spiro atoms. The van der Waals surface area contributed by atoms with Crippen molar-refractivity contribution >= 4 is 16.8 Å². The number of nitrogens with zero attached hydrogens (tertiary/aromatic N) is 2. The average Bonchev–Trinajstić information content (AvgIpc) is 2.89. The number of rotatable bonds is 4. The Bertz CT molecular complexity index is 806. The van der Waals surface area contributed by atoms with Gasteiger partial charge in [-0.25, -0.2) is 0 Å². The van der Waals surface area contributed by atoms with Crippen LogP contribution in [0.5, 0.6) is 0 Å². The largest absolute Gasteiger partial charge is 0.350 e. The van der Waals surface area contributed by atoms with E-state index < -0.39 is 0 Å². The van der Waals surface area contributed by atoms with Crippen molar-refractivity contribution in [2.75, 3.05) is 0 Å². The highest BCUT2D eigenvalue weighted by Crippen LogP contribution is 2.22. The van der Waals surface area contributed by atoms with E-state index in [1.807, 2.05) is 37.4 Å². The van der Waals surface area contributed by atoms with E-state index in [-0.39, 0.29) is 5.91 Å². The van der Waals surface area contributed by atoms with E-state index in [1.54, 1.807) is 12.4 Å². The predicted molar refractivity (Wildman–Crippen MR) is 87.7 cm³/mol. The van der Waals surface area contributed by atoms with Gasteiger partial charge in [0.05, 0.1) is 0 Å². The molecule has 2 aromatic heterocycles. The first-order chi connectivity index (χ1) is 10.7. The molecule has 0 saturated carbocycles. The first-order valence-corrected chi connectivity index (χ1v) is 7.44. The van der Waals surface area contributed by atoms with Crippen LogP contribution in [0, 0.1) is 0 Å². The molecule has 1 N–H and O–H groups in total. The fourth-order valence-electron chi connectivity index (χ4n) is 2.68. The van der Waals surface area contributed by atoms with Crippen molar-refractivity contribution in [2.24, 2.45) is 7.05 Å². The summed E-state index contributed by atoms with van der Waals surface area (Å²) < 4.78 is 2.10. The summed E-state index contributed by atoms with van der Waals surface area (Å²) in [6.07, 6.45) is 6.54. The Hall–Kier alpha value is -2.62. The Morgan fingerprint density at radius 3 is 2.73 bits per heavy atom. The minimum Gasteiger partial charge on any atom is -0.350 e.